The lowest BCUT2D eigenvalue weighted by Gasteiger charge is -2.11. The number of hydrogen-bond donors (Lipinski definition) is 2. The van der Waals surface area contributed by atoms with Crippen LogP contribution < -0.4 is 11.2 Å². The zero-order chi connectivity index (χ0) is 17.8. The fraction of sp³-hybridized carbons (Fsp3) is 0.235. The van der Waals surface area contributed by atoms with E-state index in [1.54, 1.807) is 11.3 Å². The molecular formula is C17H19N5OS2. The molecule has 8 heteroatoms. The lowest BCUT2D eigenvalue weighted by Crippen LogP contribution is -2.28. The average Bonchev–Trinajstić information content (AvgIpc) is 3.24. The highest BCUT2D eigenvalue weighted by Gasteiger charge is 2.15. The molecule has 130 valence electrons. The molecule has 1 amide bonds. The number of amides is 1. The van der Waals surface area contributed by atoms with Crippen LogP contribution in [0.25, 0.3) is 11.4 Å². The molecular weight excluding hydrogens is 354 g/mol. The Morgan fingerprint density at radius 3 is 2.76 bits per heavy atom. The highest BCUT2D eigenvalue weighted by atomic mass is 32.2. The molecule has 0 fully saturated rings. The van der Waals surface area contributed by atoms with E-state index in [4.69, 9.17) is 5.84 Å². The Morgan fingerprint density at radius 2 is 2.08 bits per heavy atom. The maximum atomic E-state index is 12.1. The first-order valence-corrected chi connectivity index (χ1v) is 9.64. The first kappa shape index (κ1) is 17.5. The van der Waals surface area contributed by atoms with Crippen molar-refractivity contribution in [1.29, 1.82) is 0 Å². The molecule has 3 N–H and O–H groups in total. The van der Waals surface area contributed by atoms with Gasteiger partial charge in [0.15, 0.2) is 5.82 Å². The van der Waals surface area contributed by atoms with Gasteiger partial charge in [0.2, 0.25) is 11.1 Å². The minimum absolute atomic E-state index is 0.00744. The summed E-state index contributed by atoms with van der Waals surface area (Å²) in [5.41, 5.74) is 2.06. The van der Waals surface area contributed by atoms with Crippen molar-refractivity contribution in [3.05, 3.63) is 52.2 Å². The van der Waals surface area contributed by atoms with Crippen LogP contribution in [0.1, 0.15) is 23.4 Å². The van der Waals surface area contributed by atoms with Gasteiger partial charge in [-0.1, -0.05) is 47.7 Å². The molecule has 1 unspecified atom stereocenters. The fourth-order valence-electron chi connectivity index (χ4n) is 2.30. The van der Waals surface area contributed by atoms with Crippen molar-refractivity contribution in [2.24, 2.45) is 0 Å². The quantitative estimate of drug-likeness (QED) is 0.512. The predicted octanol–water partition coefficient (Wildman–Crippen LogP) is 3.00. The van der Waals surface area contributed by atoms with Gasteiger partial charge in [0, 0.05) is 10.4 Å². The molecule has 0 aliphatic heterocycles. The minimum atomic E-state index is -0.0641. The van der Waals surface area contributed by atoms with Gasteiger partial charge < -0.3 is 11.2 Å². The number of hydrogen-bond acceptors (Lipinski definition) is 6. The summed E-state index contributed by atoms with van der Waals surface area (Å²) in [7, 11) is 0. The van der Waals surface area contributed by atoms with E-state index in [1.807, 2.05) is 55.6 Å². The number of aryl methyl sites for hydroxylation is 1. The van der Waals surface area contributed by atoms with E-state index in [1.165, 1.54) is 16.4 Å². The molecule has 0 aliphatic rings. The Balaban J connectivity index is 1.60. The Morgan fingerprint density at radius 1 is 1.32 bits per heavy atom. The van der Waals surface area contributed by atoms with Gasteiger partial charge in [-0.3, -0.25) is 4.79 Å². The van der Waals surface area contributed by atoms with E-state index in [2.05, 4.69) is 15.5 Å². The highest BCUT2D eigenvalue weighted by molar-refractivity contribution is 7.99. The van der Waals surface area contributed by atoms with E-state index in [0.29, 0.717) is 11.0 Å². The van der Waals surface area contributed by atoms with E-state index in [9.17, 15) is 4.79 Å². The number of rotatable bonds is 6. The van der Waals surface area contributed by atoms with Gasteiger partial charge in [-0.05, 0) is 25.3 Å². The smallest absolute Gasteiger partial charge is 0.230 e. The number of aromatic nitrogens is 3. The van der Waals surface area contributed by atoms with Gasteiger partial charge >= 0.3 is 0 Å². The molecule has 6 nitrogen and oxygen atoms in total. The van der Waals surface area contributed by atoms with Gasteiger partial charge in [-0.2, -0.15) is 0 Å². The largest absolute Gasteiger partial charge is 0.348 e. The lowest BCUT2D eigenvalue weighted by atomic mass is 10.1. The van der Waals surface area contributed by atoms with Crippen LogP contribution >= 0.6 is 23.1 Å². The molecule has 0 saturated heterocycles. The van der Waals surface area contributed by atoms with Crippen molar-refractivity contribution in [2.45, 2.75) is 25.0 Å². The van der Waals surface area contributed by atoms with Crippen LogP contribution in [0.15, 0.2) is 46.9 Å². The summed E-state index contributed by atoms with van der Waals surface area (Å²) in [4.78, 5) is 13.2. The number of carbonyl (C=O) groups excluding carboxylic acids is 1. The molecule has 3 rings (SSSR count). The normalized spacial score (nSPS) is 12.1. The topological polar surface area (TPSA) is 85.8 Å². The molecule has 0 saturated carbocycles. The number of nitrogens with zero attached hydrogens (tertiary/aromatic N) is 3. The van der Waals surface area contributed by atoms with Gasteiger partial charge in [-0.25, -0.2) is 4.68 Å². The van der Waals surface area contributed by atoms with E-state index >= 15 is 0 Å². The zero-order valence-corrected chi connectivity index (χ0v) is 15.6. The predicted molar refractivity (Wildman–Crippen MR) is 102 cm³/mol. The number of nitrogens with two attached hydrogens (primary N) is 1. The summed E-state index contributed by atoms with van der Waals surface area (Å²) >= 11 is 2.89. The first-order chi connectivity index (χ1) is 12.0. The van der Waals surface area contributed by atoms with Crippen molar-refractivity contribution < 1.29 is 4.79 Å². The third-order valence-electron chi connectivity index (χ3n) is 3.65. The average molecular weight is 374 g/mol. The van der Waals surface area contributed by atoms with Crippen molar-refractivity contribution >= 4 is 29.0 Å². The summed E-state index contributed by atoms with van der Waals surface area (Å²) in [6.07, 6.45) is 0. The van der Waals surface area contributed by atoms with Crippen LogP contribution in [0, 0.1) is 6.92 Å². The Labute approximate surface area is 154 Å². The fourth-order valence-corrected chi connectivity index (χ4v) is 3.70. The van der Waals surface area contributed by atoms with Gasteiger partial charge in [0.1, 0.15) is 0 Å². The third-order valence-corrected chi connectivity index (χ3v) is 5.65. The summed E-state index contributed by atoms with van der Waals surface area (Å²) in [5, 5.41) is 13.7. The highest BCUT2D eigenvalue weighted by Crippen LogP contribution is 2.22. The number of carbonyl (C=O) groups is 1. The Bertz CT molecular complexity index is 843. The van der Waals surface area contributed by atoms with E-state index < -0.39 is 0 Å². The molecule has 2 aromatic heterocycles. The molecule has 3 aromatic rings. The Kier molecular flexibility index (Phi) is 5.40. The standard InChI is InChI=1S/C17H19N5OS2/c1-11-5-7-13(8-6-11)16-20-21-17(22(16)18)25-10-15(23)19-12(2)14-4-3-9-24-14/h3-9,12H,10,18H2,1-2H3,(H,19,23). The van der Waals surface area contributed by atoms with Gasteiger partial charge in [0.05, 0.1) is 11.8 Å². The first-order valence-electron chi connectivity index (χ1n) is 7.77. The third kappa shape index (κ3) is 4.21. The summed E-state index contributed by atoms with van der Waals surface area (Å²) in [6, 6.07) is 11.9. The summed E-state index contributed by atoms with van der Waals surface area (Å²) in [6.45, 7) is 3.99. The minimum Gasteiger partial charge on any atom is -0.348 e. The van der Waals surface area contributed by atoms with Crippen LogP contribution in [0.4, 0.5) is 0 Å². The van der Waals surface area contributed by atoms with Crippen LogP contribution in [-0.2, 0) is 4.79 Å². The van der Waals surface area contributed by atoms with Crippen molar-refractivity contribution in [3.8, 4) is 11.4 Å². The number of benzene rings is 1. The van der Waals surface area contributed by atoms with Crippen LogP contribution in [0.5, 0.6) is 0 Å². The molecule has 0 radical (unpaired) electrons. The number of nitrogens with one attached hydrogen (secondary N) is 1. The van der Waals surface area contributed by atoms with Crippen LogP contribution in [0.2, 0.25) is 0 Å². The summed E-state index contributed by atoms with van der Waals surface area (Å²) in [5.74, 6) is 6.83. The maximum absolute atomic E-state index is 12.1. The van der Waals surface area contributed by atoms with Crippen LogP contribution in [0.3, 0.4) is 0 Å². The SMILES string of the molecule is Cc1ccc(-c2nnc(SCC(=O)NC(C)c3cccs3)n2N)cc1. The number of thioether (sulfide) groups is 1. The summed E-state index contributed by atoms with van der Waals surface area (Å²) < 4.78 is 1.42. The van der Waals surface area contributed by atoms with Gasteiger partial charge in [-0.15, -0.1) is 21.5 Å². The maximum Gasteiger partial charge on any atom is 0.230 e. The van der Waals surface area contributed by atoms with Crippen molar-refractivity contribution in [1.82, 2.24) is 20.2 Å². The molecule has 25 heavy (non-hydrogen) atoms. The number of nitrogen functional groups attached to an aromatic ring is 1. The second kappa shape index (κ2) is 7.71. The van der Waals surface area contributed by atoms with E-state index in [-0.39, 0.29) is 17.7 Å². The van der Waals surface area contributed by atoms with Crippen molar-refractivity contribution in [2.75, 3.05) is 11.6 Å². The molecule has 0 bridgehead atoms. The lowest BCUT2D eigenvalue weighted by molar-refractivity contribution is -0.119. The number of thiophene rings is 1. The zero-order valence-electron chi connectivity index (χ0n) is 14.0. The molecule has 1 aromatic carbocycles. The van der Waals surface area contributed by atoms with Crippen molar-refractivity contribution in [3.63, 3.8) is 0 Å². The Hall–Kier alpha value is -2.32. The van der Waals surface area contributed by atoms with E-state index in [0.717, 1.165) is 16.0 Å². The molecule has 0 spiro atoms. The van der Waals surface area contributed by atoms with Gasteiger partial charge in [0.25, 0.3) is 0 Å². The molecule has 1 atom stereocenters. The molecule has 0 aliphatic carbocycles. The monoisotopic (exact) mass is 373 g/mol. The molecule has 2 heterocycles. The van der Waals surface area contributed by atoms with Crippen LogP contribution in [-0.4, -0.2) is 26.5 Å². The second-order valence-corrected chi connectivity index (χ2v) is 7.56. The second-order valence-electron chi connectivity index (χ2n) is 5.64.